The Kier molecular flexibility index (Phi) is 2.56. The molecule has 0 amide bonds. The molecule has 2 rings (SSSR count). The lowest BCUT2D eigenvalue weighted by Crippen LogP contribution is -2.32. The van der Waals surface area contributed by atoms with E-state index in [1.165, 1.54) is 6.92 Å². The van der Waals surface area contributed by atoms with Gasteiger partial charge in [0, 0.05) is 26.2 Å². The van der Waals surface area contributed by atoms with Crippen molar-refractivity contribution >= 4 is 5.97 Å². The van der Waals surface area contributed by atoms with Crippen LogP contribution in [0.2, 0.25) is 0 Å². The maximum atomic E-state index is 10.7. The molecular weight excluding hydrogens is 184 g/mol. The first-order chi connectivity index (χ1) is 6.70. The first-order valence-electron chi connectivity index (χ1n) is 4.86. The molecule has 0 unspecified atom stereocenters. The number of hydrogen-bond donors (Lipinski definition) is 0. The number of esters is 1. The number of rotatable bonds is 1. The van der Waals surface area contributed by atoms with Gasteiger partial charge in [0.15, 0.2) is 5.79 Å². The Balaban J connectivity index is 1.95. The maximum absolute atomic E-state index is 10.7. The molecule has 78 valence electrons. The van der Waals surface area contributed by atoms with E-state index in [0.717, 1.165) is 12.2 Å². The van der Waals surface area contributed by atoms with E-state index in [2.05, 4.69) is 0 Å². The van der Waals surface area contributed by atoms with Crippen LogP contribution in [0.4, 0.5) is 0 Å². The molecule has 4 nitrogen and oxygen atoms in total. The third-order valence-corrected chi connectivity index (χ3v) is 2.48. The molecule has 1 aliphatic carbocycles. The van der Waals surface area contributed by atoms with Crippen LogP contribution < -0.4 is 0 Å². The first-order valence-corrected chi connectivity index (χ1v) is 4.86. The molecule has 2 aliphatic rings. The minimum Gasteiger partial charge on any atom is -0.432 e. The summed E-state index contributed by atoms with van der Waals surface area (Å²) in [6.45, 7) is 2.74. The molecule has 0 N–H and O–H groups in total. The van der Waals surface area contributed by atoms with Crippen molar-refractivity contribution in [2.24, 2.45) is 0 Å². The van der Waals surface area contributed by atoms with E-state index in [0.29, 0.717) is 26.1 Å². The largest absolute Gasteiger partial charge is 0.432 e. The fraction of sp³-hybridized carbons (Fsp3) is 0.700. The van der Waals surface area contributed by atoms with Gasteiger partial charge >= 0.3 is 5.97 Å². The number of hydrogen-bond acceptors (Lipinski definition) is 4. The second kappa shape index (κ2) is 3.71. The molecule has 1 aliphatic heterocycles. The van der Waals surface area contributed by atoms with Gasteiger partial charge in [-0.1, -0.05) is 0 Å². The Morgan fingerprint density at radius 2 is 2.21 bits per heavy atom. The van der Waals surface area contributed by atoms with Crippen molar-refractivity contribution < 1.29 is 19.0 Å². The molecular formula is C10H14O4. The number of carbonyl (C=O) groups excluding carboxylic acids is 1. The average Bonchev–Trinajstić information content (AvgIpc) is 2.58. The highest BCUT2D eigenvalue weighted by atomic mass is 16.7. The Morgan fingerprint density at radius 1 is 1.50 bits per heavy atom. The molecule has 1 spiro atoms. The van der Waals surface area contributed by atoms with E-state index in [1.807, 2.05) is 6.08 Å². The van der Waals surface area contributed by atoms with Crippen LogP contribution in [0.15, 0.2) is 11.8 Å². The Bertz CT molecular complexity index is 263. The zero-order valence-corrected chi connectivity index (χ0v) is 8.25. The van der Waals surface area contributed by atoms with Crippen LogP contribution in [-0.2, 0) is 19.0 Å². The predicted octanol–water partition coefficient (Wildman–Crippen LogP) is 1.36. The monoisotopic (exact) mass is 198 g/mol. The normalized spacial score (nSPS) is 24.8. The van der Waals surface area contributed by atoms with Crippen molar-refractivity contribution in [2.45, 2.75) is 32.0 Å². The molecule has 0 radical (unpaired) electrons. The van der Waals surface area contributed by atoms with Crippen LogP contribution in [0.3, 0.4) is 0 Å². The van der Waals surface area contributed by atoms with Gasteiger partial charge in [-0.15, -0.1) is 0 Å². The van der Waals surface area contributed by atoms with Crippen molar-refractivity contribution in [1.82, 2.24) is 0 Å². The fourth-order valence-electron chi connectivity index (χ4n) is 1.82. The molecule has 0 aromatic rings. The van der Waals surface area contributed by atoms with E-state index in [4.69, 9.17) is 14.2 Å². The van der Waals surface area contributed by atoms with Crippen LogP contribution in [0.25, 0.3) is 0 Å². The molecule has 0 bridgehead atoms. The molecule has 1 fully saturated rings. The van der Waals surface area contributed by atoms with Gasteiger partial charge in [0.05, 0.1) is 13.2 Å². The molecule has 1 saturated heterocycles. The van der Waals surface area contributed by atoms with Gasteiger partial charge < -0.3 is 14.2 Å². The van der Waals surface area contributed by atoms with Crippen LogP contribution >= 0.6 is 0 Å². The number of carbonyl (C=O) groups is 1. The van der Waals surface area contributed by atoms with Crippen molar-refractivity contribution in [3.05, 3.63) is 11.8 Å². The molecule has 0 atom stereocenters. The third-order valence-electron chi connectivity index (χ3n) is 2.48. The summed E-state index contributed by atoms with van der Waals surface area (Å²) < 4.78 is 16.1. The van der Waals surface area contributed by atoms with Crippen molar-refractivity contribution in [3.8, 4) is 0 Å². The van der Waals surface area contributed by atoms with Crippen molar-refractivity contribution in [1.29, 1.82) is 0 Å². The van der Waals surface area contributed by atoms with E-state index < -0.39 is 5.79 Å². The average molecular weight is 198 g/mol. The predicted molar refractivity (Wildman–Crippen MR) is 48.3 cm³/mol. The number of ether oxygens (including phenoxy) is 3. The highest BCUT2D eigenvalue weighted by Gasteiger charge is 2.38. The fourth-order valence-corrected chi connectivity index (χ4v) is 1.82. The molecule has 0 saturated carbocycles. The van der Waals surface area contributed by atoms with Gasteiger partial charge in [-0.05, 0) is 6.08 Å². The quantitative estimate of drug-likeness (QED) is 0.597. The van der Waals surface area contributed by atoms with Crippen LogP contribution in [0.1, 0.15) is 26.2 Å². The van der Waals surface area contributed by atoms with Crippen molar-refractivity contribution in [3.63, 3.8) is 0 Å². The van der Waals surface area contributed by atoms with E-state index in [9.17, 15) is 4.79 Å². The van der Waals surface area contributed by atoms with E-state index in [1.54, 1.807) is 0 Å². The second-order valence-corrected chi connectivity index (χ2v) is 3.58. The van der Waals surface area contributed by atoms with Gasteiger partial charge in [0.2, 0.25) is 0 Å². The Morgan fingerprint density at radius 3 is 2.71 bits per heavy atom. The summed E-state index contributed by atoms with van der Waals surface area (Å²) in [5, 5.41) is 0. The zero-order chi connectivity index (χ0) is 10.0. The van der Waals surface area contributed by atoms with Gasteiger partial charge in [-0.3, -0.25) is 4.79 Å². The zero-order valence-electron chi connectivity index (χ0n) is 8.25. The van der Waals surface area contributed by atoms with Gasteiger partial charge in [0.25, 0.3) is 0 Å². The van der Waals surface area contributed by atoms with Gasteiger partial charge in [0.1, 0.15) is 5.76 Å². The smallest absolute Gasteiger partial charge is 0.307 e. The standard InChI is InChI=1S/C10H14O4/c1-8(11)14-9-2-4-10(5-3-9)12-6-7-13-10/h2H,3-7H2,1H3. The molecule has 0 aromatic carbocycles. The van der Waals surface area contributed by atoms with Crippen LogP contribution in [0.5, 0.6) is 0 Å². The minimum atomic E-state index is -0.427. The molecule has 14 heavy (non-hydrogen) atoms. The third kappa shape index (κ3) is 1.96. The lowest BCUT2D eigenvalue weighted by Gasteiger charge is -2.29. The lowest BCUT2D eigenvalue weighted by atomic mass is 9.99. The van der Waals surface area contributed by atoms with Crippen LogP contribution in [-0.4, -0.2) is 25.0 Å². The molecule has 4 heteroatoms. The summed E-state index contributed by atoms with van der Waals surface area (Å²) in [7, 11) is 0. The van der Waals surface area contributed by atoms with Crippen LogP contribution in [0, 0.1) is 0 Å². The van der Waals surface area contributed by atoms with Crippen molar-refractivity contribution in [2.75, 3.05) is 13.2 Å². The lowest BCUT2D eigenvalue weighted by molar-refractivity contribution is -0.165. The Hall–Kier alpha value is -0.870. The minimum absolute atomic E-state index is 0.263. The topological polar surface area (TPSA) is 44.8 Å². The summed E-state index contributed by atoms with van der Waals surface area (Å²) in [6.07, 6.45) is 4.04. The molecule has 0 aromatic heterocycles. The second-order valence-electron chi connectivity index (χ2n) is 3.58. The summed E-state index contributed by atoms with van der Waals surface area (Å²) in [6, 6.07) is 0. The van der Waals surface area contributed by atoms with E-state index in [-0.39, 0.29) is 5.97 Å². The first kappa shape index (κ1) is 9.68. The van der Waals surface area contributed by atoms with E-state index >= 15 is 0 Å². The highest BCUT2D eigenvalue weighted by molar-refractivity contribution is 5.67. The van der Waals surface area contributed by atoms with Gasteiger partial charge in [-0.25, -0.2) is 0 Å². The summed E-state index contributed by atoms with van der Waals surface area (Å²) in [5.74, 6) is 0.0478. The summed E-state index contributed by atoms with van der Waals surface area (Å²) >= 11 is 0. The summed E-state index contributed by atoms with van der Waals surface area (Å²) in [4.78, 5) is 10.7. The molecule has 1 heterocycles. The highest BCUT2D eigenvalue weighted by Crippen LogP contribution is 2.35. The SMILES string of the molecule is CC(=O)OC1=CCC2(CC1)OCCO2. The maximum Gasteiger partial charge on any atom is 0.307 e. The summed E-state index contributed by atoms with van der Waals surface area (Å²) in [5.41, 5.74) is 0. The number of allylic oxidation sites excluding steroid dienone is 1. The van der Waals surface area contributed by atoms with Gasteiger partial charge in [-0.2, -0.15) is 0 Å². The Labute approximate surface area is 82.8 Å².